The Morgan fingerprint density at radius 1 is 1.10 bits per heavy atom. The molecule has 0 aliphatic heterocycles. The number of allylic oxidation sites excluding steroid dienone is 1. The minimum absolute atomic E-state index is 0.273. The normalized spacial score (nSPS) is 44.0. The van der Waals surface area contributed by atoms with Crippen molar-refractivity contribution in [1.29, 1.82) is 0 Å². The lowest BCUT2D eigenvalue weighted by Gasteiger charge is -2.58. The van der Waals surface area contributed by atoms with E-state index in [1.54, 1.807) is 5.57 Å². The maximum atomic E-state index is 11.7. The highest BCUT2D eigenvalue weighted by Gasteiger charge is 2.58. The maximum Gasteiger partial charge on any atom is 0.123 e. The molecule has 7 atom stereocenters. The number of hydrogen-bond acceptors (Lipinski definition) is 3. The second-order valence-corrected chi connectivity index (χ2v) is 10.9. The molecule has 0 saturated heterocycles. The summed E-state index contributed by atoms with van der Waals surface area (Å²) in [5, 5.41) is 0. The molecule has 0 heterocycles. The molecule has 0 aromatic rings. The van der Waals surface area contributed by atoms with Gasteiger partial charge in [0.1, 0.15) is 6.29 Å². The largest absolute Gasteiger partial charge is 0.377 e. The van der Waals surface area contributed by atoms with Gasteiger partial charge in [0.05, 0.1) is 12.7 Å². The van der Waals surface area contributed by atoms with Crippen LogP contribution >= 0.6 is 0 Å². The second kappa shape index (κ2) is 8.46. The number of nitrogens with zero attached hydrogens (tertiary/aromatic N) is 1. The standard InChI is InChI=1S/C26H43NO2/c1-5-27(6-2)15-16-29-21-11-13-25(3)19(17-21)7-9-22-23-10-8-20(18-28)26(23,4)14-12-24(22)25/h7,18,20-24H,5-6,8-17H2,1-4H3/t20?,21-,22-,23-,24-,25-,26+/m0/s1. The average molecular weight is 402 g/mol. The number of likely N-dealkylation sites (N-methyl/N-ethyl adjacent to an activating group) is 1. The van der Waals surface area contributed by atoms with Gasteiger partial charge in [0, 0.05) is 12.5 Å². The molecular weight excluding hydrogens is 358 g/mol. The molecular formula is C26H43NO2. The molecule has 0 radical (unpaired) electrons. The predicted octanol–water partition coefficient (Wildman–Crippen LogP) is 5.49. The monoisotopic (exact) mass is 401 g/mol. The van der Waals surface area contributed by atoms with Gasteiger partial charge in [-0.1, -0.05) is 39.3 Å². The first kappa shape index (κ1) is 21.6. The van der Waals surface area contributed by atoms with E-state index in [9.17, 15) is 4.79 Å². The van der Waals surface area contributed by atoms with Gasteiger partial charge in [0.2, 0.25) is 0 Å². The van der Waals surface area contributed by atoms with Crippen LogP contribution in [0.2, 0.25) is 0 Å². The van der Waals surface area contributed by atoms with Crippen LogP contribution in [0.5, 0.6) is 0 Å². The number of carbonyl (C=O) groups is 1. The SMILES string of the molecule is CCN(CC)CCO[C@H]1CC[C@@]2(C)C(=CC[C@@H]3[C@@H]2CC[C@]2(C)C(C=O)CC[C@@H]32)C1. The summed E-state index contributed by atoms with van der Waals surface area (Å²) in [5.41, 5.74) is 2.35. The van der Waals surface area contributed by atoms with Crippen molar-refractivity contribution in [2.24, 2.45) is 34.5 Å². The van der Waals surface area contributed by atoms with Gasteiger partial charge in [0.25, 0.3) is 0 Å². The highest BCUT2D eigenvalue weighted by molar-refractivity contribution is 5.56. The van der Waals surface area contributed by atoms with E-state index in [2.05, 4.69) is 38.7 Å². The molecule has 0 amide bonds. The number of ether oxygens (including phenoxy) is 1. The Kier molecular flexibility index (Phi) is 6.29. The third-order valence-electron chi connectivity index (χ3n) is 9.95. The molecule has 3 fully saturated rings. The van der Waals surface area contributed by atoms with Crippen molar-refractivity contribution in [3.8, 4) is 0 Å². The molecule has 4 rings (SSSR count). The summed E-state index contributed by atoms with van der Waals surface area (Å²) < 4.78 is 6.34. The van der Waals surface area contributed by atoms with E-state index in [1.807, 2.05) is 0 Å². The van der Waals surface area contributed by atoms with Crippen LogP contribution in [-0.2, 0) is 9.53 Å². The Hall–Kier alpha value is -0.670. The fourth-order valence-corrected chi connectivity index (χ4v) is 7.92. The quantitative estimate of drug-likeness (QED) is 0.417. The van der Waals surface area contributed by atoms with Crippen LogP contribution in [-0.4, -0.2) is 43.5 Å². The summed E-state index contributed by atoms with van der Waals surface area (Å²) in [6.45, 7) is 13.6. The number of aldehydes is 1. The molecule has 1 unspecified atom stereocenters. The summed E-state index contributed by atoms with van der Waals surface area (Å²) in [4.78, 5) is 14.1. The van der Waals surface area contributed by atoms with Crippen molar-refractivity contribution < 1.29 is 9.53 Å². The van der Waals surface area contributed by atoms with E-state index in [0.717, 1.165) is 56.8 Å². The van der Waals surface area contributed by atoms with Crippen LogP contribution in [0, 0.1) is 34.5 Å². The lowest BCUT2D eigenvalue weighted by atomic mass is 9.47. The molecule has 4 aliphatic carbocycles. The summed E-state index contributed by atoms with van der Waals surface area (Å²) in [5.74, 6) is 2.69. The lowest BCUT2D eigenvalue weighted by Crippen LogP contribution is -2.50. The van der Waals surface area contributed by atoms with Crippen LogP contribution in [0.1, 0.15) is 79.1 Å². The lowest BCUT2D eigenvalue weighted by molar-refractivity contribution is -0.117. The molecule has 0 aromatic carbocycles. The number of hydrogen-bond donors (Lipinski definition) is 0. The minimum atomic E-state index is 0.273. The van der Waals surface area contributed by atoms with Crippen LogP contribution in [0.3, 0.4) is 0 Å². The molecule has 0 bridgehead atoms. The Morgan fingerprint density at radius 2 is 1.90 bits per heavy atom. The Bertz CT molecular complexity index is 626. The van der Waals surface area contributed by atoms with Crippen LogP contribution in [0.4, 0.5) is 0 Å². The zero-order valence-corrected chi connectivity index (χ0v) is 19.3. The van der Waals surface area contributed by atoms with Gasteiger partial charge in [0.15, 0.2) is 0 Å². The van der Waals surface area contributed by atoms with Crippen molar-refractivity contribution in [1.82, 2.24) is 4.90 Å². The van der Waals surface area contributed by atoms with Gasteiger partial charge in [-0.3, -0.25) is 0 Å². The third kappa shape index (κ3) is 3.65. The van der Waals surface area contributed by atoms with E-state index in [4.69, 9.17) is 4.74 Å². The van der Waals surface area contributed by atoms with Gasteiger partial charge in [-0.25, -0.2) is 0 Å². The molecule has 4 aliphatic rings. The molecule has 0 spiro atoms. The van der Waals surface area contributed by atoms with E-state index >= 15 is 0 Å². The highest BCUT2D eigenvalue weighted by atomic mass is 16.5. The smallest absolute Gasteiger partial charge is 0.123 e. The van der Waals surface area contributed by atoms with Gasteiger partial charge in [-0.05, 0) is 93.0 Å². The van der Waals surface area contributed by atoms with Gasteiger partial charge in [-0.15, -0.1) is 0 Å². The predicted molar refractivity (Wildman–Crippen MR) is 119 cm³/mol. The first-order chi connectivity index (χ1) is 14.0. The fraction of sp³-hybridized carbons (Fsp3) is 0.885. The second-order valence-electron chi connectivity index (χ2n) is 10.9. The van der Waals surface area contributed by atoms with Crippen molar-refractivity contribution >= 4 is 6.29 Å². The van der Waals surface area contributed by atoms with Crippen molar-refractivity contribution in [3.05, 3.63) is 11.6 Å². The van der Waals surface area contributed by atoms with Crippen LogP contribution < -0.4 is 0 Å². The van der Waals surface area contributed by atoms with Crippen molar-refractivity contribution in [2.75, 3.05) is 26.2 Å². The summed E-state index contributed by atoms with van der Waals surface area (Å²) in [6, 6.07) is 0. The van der Waals surface area contributed by atoms with Crippen molar-refractivity contribution in [3.63, 3.8) is 0 Å². The van der Waals surface area contributed by atoms with E-state index in [1.165, 1.54) is 44.8 Å². The highest BCUT2D eigenvalue weighted by Crippen LogP contribution is 2.65. The Labute approximate surface area is 178 Å². The minimum Gasteiger partial charge on any atom is -0.377 e. The summed E-state index contributed by atoms with van der Waals surface area (Å²) in [7, 11) is 0. The van der Waals surface area contributed by atoms with Gasteiger partial charge in [-0.2, -0.15) is 0 Å². The Morgan fingerprint density at radius 3 is 2.62 bits per heavy atom. The first-order valence-corrected chi connectivity index (χ1v) is 12.4. The molecule has 3 nitrogen and oxygen atoms in total. The molecule has 164 valence electrons. The molecule has 0 N–H and O–H groups in total. The number of fused-ring (bicyclic) bond motifs is 5. The van der Waals surface area contributed by atoms with E-state index in [0.29, 0.717) is 17.4 Å². The van der Waals surface area contributed by atoms with E-state index in [-0.39, 0.29) is 5.41 Å². The van der Waals surface area contributed by atoms with Crippen molar-refractivity contribution in [2.45, 2.75) is 85.2 Å². The number of rotatable bonds is 7. The van der Waals surface area contributed by atoms with Crippen LogP contribution in [0.15, 0.2) is 11.6 Å². The third-order valence-corrected chi connectivity index (χ3v) is 9.95. The first-order valence-electron chi connectivity index (χ1n) is 12.4. The maximum absolute atomic E-state index is 11.7. The molecule has 3 heteroatoms. The zero-order valence-electron chi connectivity index (χ0n) is 19.3. The summed E-state index contributed by atoms with van der Waals surface area (Å²) >= 11 is 0. The molecule has 3 saturated carbocycles. The summed E-state index contributed by atoms with van der Waals surface area (Å²) in [6.07, 6.45) is 14.2. The zero-order chi connectivity index (χ0) is 20.6. The van der Waals surface area contributed by atoms with Gasteiger partial charge >= 0.3 is 0 Å². The average Bonchev–Trinajstić information content (AvgIpc) is 3.07. The van der Waals surface area contributed by atoms with Crippen LogP contribution in [0.25, 0.3) is 0 Å². The van der Waals surface area contributed by atoms with Gasteiger partial charge < -0.3 is 14.4 Å². The van der Waals surface area contributed by atoms with E-state index < -0.39 is 0 Å². The molecule has 29 heavy (non-hydrogen) atoms. The number of carbonyl (C=O) groups excluding carboxylic acids is 1. The molecule has 0 aromatic heterocycles. The Balaban J connectivity index is 1.42. The fourth-order valence-electron chi connectivity index (χ4n) is 7.92. The topological polar surface area (TPSA) is 29.5 Å².